The molecule has 1 heterocycles. The number of rotatable bonds is 4. The fraction of sp³-hybridized carbons (Fsp3) is 0.235. The first-order valence-electron chi connectivity index (χ1n) is 7.26. The molecular formula is C17H20N4O. The number of ether oxygens (including phenoxy) is 1. The van der Waals surface area contributed by atoms with Crippen LogP contribution in [0.1, 0.15) is 13.0 Å². The minimum atomic E-state index is 0.144. The smallest absolute Gasteiger partial charge is 0.141 e. The Morgan fingerprint density at radius 2 is 2.00 bits per heavy atom. The quantitative estimate of drug-likeness (QED) is 0.726. The Morgan fingerprint density at radius 3 is 2.68 bits per heavy atom. The average molecular weight is 296 g/mol. The Kier molecular flexibility index (Phi) is 3.73. The van der Waals surface area contributed by atoms with Crippen LogP contribution in [0.25, 0.3) is 22.4 Å². The molecule has 4 N–H and O–H groups in total. The molecule has 0 aliphatic carbocycles. The van der Waals surface area contributed by atoms with E-state index in [4.69, 9.17) is 21.2 Å². The third-order valence-electron chi connectivity index (χ3n) is 3.87. The van der Waals surface area contributed by atoms with E-state index < -0.39 is 0 Å². The molecule has 2 aromatic carbocycles. The van der Waals surface area contributed by atoms with Crippen LogP contribution in [0, 0.1) is 0 Å². The summed E-state index contributed by atoms with van der Waals surface area (Å²) in [5.41, 5.74) is 15.5. The maximum atomic E-state index is 6.04. The fourth-order valence-corrected chi connectivity index (χ4v) is 2.67. The van der Waals surface area contributed by atoms with E-state index in [-0.39, 0.29) is 6.04 Å². The van der Waals surface area contributed by atoms with Crippen molar-refractivity contribution in [1.29, 1.82) is 0 Å². The van der Waals surface area contributed by atoms with Crippen molar-refractivity contribution in [2.45, 2.75) is 13.0 Å². The summed E-state index contributed by atoms with van der Waals surface area (Å²) >= 11 is 0. The summed E-state index contributed by atoms with van der Waals surface area (Å²) in [7, 11) is 1.61. The SMILES string of the molecule is COc1ccc(-c2nc3ccccc3n2C(C)CN)cc1N. The van der Waals surface area contributed by atoms with Gasteiger partial charge in [0.1, 0.15) is 11.6 Å². The topological polar surface area (TPSA) is 79.1 Å². The second-order valence-corrected chi connectivity index (χ2v) is 5.34. The maximum absolute atomic E-state index is 6.04. The normalized spacial score (nSPS) is 12.5. The lowest BCUT2D eigenvalue weighted by Gasteiger charge is -2.16. The zero-order chi connectivity index (χ0) is 15.7. The Labute approximate surface area is 129 Å². The number of methoxy groups -OCH3 is 1. The first kappa shape index (κ1) is 14.4. The number of hydrogen-bond acceptors (Lipinski definition) is 4. The van der Waals surface area contributed by atoms with E-state index in [2.05, 4.69) is 17.6 Å². The van der Waals surface area contributed by atoms with Crippen LogP contribution in [-0.4, -0.2) is 23.2 Å². The lowest BCUT2D eigenvalue weighted by Crippen LogP contribution is -2.16. The molecule has 0 bridgehead atoms. The molecule has 1 aromatic heterocycles. The van der Waals surface area contributed by atoms with Gasteiger partial charge in [-0.05, 0) is 37.3 Å². The van der Waals surface area contributed by atoms with Gasteiger partial charge >= 0.3 is 0 Å². The van der Waals surface area contributed by atoms with E-state index in [1.165, 1.54) is 0 Å². The van der Waals surface area contributed by atoms with Gasteiger partial charge in [-0.2, -0.15) is 0 Å². The molecule has 0 amide bonds. The van der Waals surface area contributed by atoms with E-state index in [1.807, 2.05) is 36.4 Å². The Bertz CT molecular complexity index is 810. The first-order valence-corrected chi connectivity index (χ1v) is 7.26. The summed E-state index contributed by atoms with van der Waals surface area (Å²) in [4.78, 5) is 4.76. The van der Waals surface area contributed by atoms with Crippen LogP contribution < -0.4 is 16.2 Å². The number of hydrogen-bond donors (Lipinski definition) is 2. The molecule has 0 aliphatic heterocycles. The van der Waals surface area contributed by atoms with Crippen molar-refractivity contribution in [3.8, 4) is 17.1 Å². The monoisotopic (exact) mass is 296 g/mol. The van der Waals surface area contributed by atoms with Crippen molar-refractivity contribution in [1.82, 2.24) is 9.55 Å². The molecular weight excluding hydrogens is 276 g/mol. The highest BCUT2D eigenvalue weighted by Crippen LogP contribution is 2.32. The third-order valence-corrected chi connectivity index (χ3v) is 3.87. The van der Waals surface area contributed by atoms with Gasteiger partial charge in [-0.1, -0.05) is 12.1 Å². The summed E-state index contributed by atoms with van der Waals surface area (Å²) in [5.74, 6) is 1.53. The van der Waals surface area contributed by atoms with Crippen molar-refractivity contribution in [3.63, 3.8) is 0 Å². The number of benzene rings is 2. The van der Waals surface area contributed by atoms with Crippen LogP contribution in [0.4, 0.5) is 5.69 Å². The second kappa shape index (κ2) is 5.69. The predicted octanol–water partition coefficient (Wildman–Crippen LogP) is 2.81. The van der Waals surface area contributed by atoms with Gasteiger partial charge < -0.3 is 20.8 Å². The maximum Gasteiger partial charge on any atom is 0.141 e. The second-order valence-electron chi connectivity index (χ2n) is 5.34. The number of nitrogens with two attached hydrogens (primary N) is 2. The number of nitrogen functional groups attached to an aromatic ring is 1. The Balaban J connectivity index is 2.23. The number of aromatic nitrogens is 2. The van der Waals surface area contributed by atoms with E-state index in [0.29, 0.717) is 18.0 Å². The van der Waals surface area contributed by atoms with Crippen LogP contribution >= 0.6 is 0 Å². The van der Waals surface area contributed by atoms with Crippen molar-refractivity contribution in [2.75, 3.05) is 19.4 Å². The molecule has 1 atom stereocenters. The molecule has 0 fully saturated rings. The molecule has 0 saturated heterocycles. The highest BCUT2D eigenvalue weighted by atomic mass is 16.5. The van der Waals surface area contributed by atoms with Crippen LogP contribution in [0.3, 0.4) is 0 Å². The van der Waals surface area contributed by atoms with Crippen LogP contribution in [0.15, 0.2) is 42.5 Å². The third kappa shape index (κ3) is 2.29. The number of nitrogens with zero attached hydrogens (tertiary/aromatic N) is 2. The summed E-state index contributed by atoms with van der Waals surface area (Å²) in [6.45, 7) is 2.63. The number of imidazole rings is 1. The number of para-hydroxylation sites is 2. The summed E-state index contributed by atoms with van der Waals surface area (Å²) in [5, 5.41) is 0. The number of anilines is 1. The number of fused-ring (bicyclic) bond motifs is 1. The lowest BCUT2D eigenvalue weighted by atomic mass is 10.1. The molecule has 5 nitrogen and oxygen atoms in total. The largest absolute Gasteiger partial charge is 0.495 e. The standard InChI is InChI=1S/C17H20N4O/c1-11(10-18)21-15-6-4-3-5-14(15)20-17(21)12-7-8-16(22-2)13(19)9-12/h3-9,11H,10,18-19H2,1-2H3. The molecule has 22 heavy (non-hydrogen) atoms. The summed E-state index contributed by atoms with van der Waals surface area (Å²) < 4.78 is 7.38. The Hall–Kier alpha value is -2.53. The molecule has 0 saturated carbocycles. The first-order chi connectivity index (χ1) is 10.7. The van der Waals surface area contributed by atoms with Crippen molar-refractivity contribution in [3.05, 3.63) is 42.5 Å². The fourth-order valence-electron chi connectivity index (χ4n) is 2.67. The molecule has 5 heteroatoms. The molecule has 114 valence electrons. The van der Waals surface area contributed by atoms with Gasteiger partial charge in [-0.25, -0.2) is 4.98 Å². The van der Waals surface area contributed by atoms with Crippen LogP contribution in [-0.2, 0) is 0 Å². The minimum absolute atomic E-state index is 0.144. The summed E-state index contributed by atoms with van der Waals surface area (Å²) in [6, 6.07) is 13.9. The zero-order valence-electron chi connectivity index (χ0n) is 12.8. The molecule has 0 spiro atoms. The molecule has 3 aromatic rings. The lowest BCUT2D eigenvalue weighted by molar-refractivity contribution is 0.417. The van der Waals surface area contributed by atoms with Gasteiger partial charge in [0.25, 0.3) is 0 Å². The van der Waals surface area contributed by atoms with Crippen LogP contribution in [0.2, 0.25) is 0 Å². The van der Waals surface area contributed by atoms with E-state index in [9.17, 15) is 0 Å². The van der Waals surface area contributed by atoms with E-state index >= 15 is 0 Å². The van der Waals surface area contributed by atoms with Gasteiger partial charge in [-0.3, -0.25) is 0 Å². The highest BCUT2D eigenvalue weighted by Gasteiger charge is 2.17. The van der Waals surface area contributed by atoms with Crippen molar-refractivity contribution >= 4 is 16.7 Å². The Morgan fingerprint density at radius 1 is 1.23 bits per heavy atom. The van der Waals surface area contributed by atoms with Gasteiger partial charge in [0.2, 0.25) is 0 Å². The van der Waals surface area contributed by atoms with Crippen LogP contribution in [0.5, 0.6) is 5.75 Å². The zero-order valence-corrected chi connectivity index (χ0v) is 12.8. The van der Waals surface area contributed by atoms with Crippen molar-refractivity contribution in [2.24, 2.45) is 5.73 Å². The van der Waals surface area contributed by atoms with Gasteiger partial charge in [0, 0.05) is 18.2 Å². The van der Waals surface area contributed by atoms with Gasteiger partial charge in [-0.15, -0.1) is 0 Å². The predicted molar refractivity (Wildman–Crippen MR) is 89.9 cm³/mol. The molecule has 0 aliphatic rings. The molecule has 3 rings (SSSR count). The molecule has 0 radical (unpaired) electrons. The summed E-state index contributed by atoms with van der Waals surface area (Å²) in [6.07, 6.45) is 0. The average Bonchev–Trinajstić information content (AvgIpc) is 2.93. The van der Waals surface area contributed by atoms with Crippen molar-refractivity contribution < 1.29 is 4.74 Å². The highest BCUT2D eigenvalue weighted by molar-refractivity contribution is 5.81. The minimum Gasteiger partial charge on any atom is -0.495 e. The van der Waals surface area contributed by atoms with E-state index in [1.54, 1.807) is 7.11 Å². The van der Waals surface area contributed by atoms with E-state index in [0.717, 1.165) is 22.4 Å². The van der Waals surface area contributed by atoms with Gasteiger partial charge in [0.15, 0.2) is 0 Å². The molecule has 1 unspecified atom stereocenters. The van der Waals surface area contributed by atoms with Gasteiger partial charge in [0.05, 0.1) is 23.8 Å².